The van der Waals surface area contributed by atoms with Gasteiger partial charge < -0.3 is 5.73 Å². The van der Waals surface area contributed by atoms with Gasteiger partial charge in [-0.15, -0.1) is 12.6 Å². The van der Waals surface area contributed by atoms with E-state index in [9.17, 15) is 4.39 Å². The zero-order chi connectivity index (χ0) is 6.85. The summed E-state index contributed by atoms with van der Waals surface area (Å²) >= 11 is 3.95. The van der Waals surface area contributed by atoms with E-state index in [1.165, 1.54) is 12.1 Å². The zero-order valence-corrected chi connectivity index (χ0v) is 5.53. The minimum atomic E-state index is -0.396. The molecule has 0 unspecified atom stereocenters. The molecule has 0 radical (unpaired) electrons. The van der Waals surface area contributed by atoms with Crippen molar-refractivity contribution in [3.63, 3.8) is 0 Å². The van der Waals surface area contributed by atoms with Gasteiger partial charge >= 0.3 is 0 Å². The second kappa shape index (κ2) is 2.27. The van der Waals surface area contributed by atoms with Crippen LogP contribution >= 0.6 is 12.6 Å². The van der Waals surface area contributed by atoms with E-state index >= 15 is 0 Å². The molecule has 1 aromatic carbocycles. The first-order chi connectivity index (χ1) is 4.20. The predicted octanol–water partition coefficient (Wildman–Crippen LogP) is 1.70. The molecule has 0 aromatic heterocycles. The molecule has 0 spiro atoms. The number of nitrogen functional groups attached to an aromatic ring is 1. The average molecular weight is 143 g/mol. The lowest BCUT2D eigenvalue weighted by Crippen LogP contribution is -1.88. The minimum absolute atomic E-state index is 0.141. The maximum Gasteiger partial charge on any atom is 0.146 e. The van der Waals surface area contributed by atoms with Crippen LogP contribution in [0.25, 0.3) is 0 Å². The van der Waals surface area contributed by atoms with Crippen LogP contribution in [0, 0.1) is 5.82 Å². The summed E-state index contributed by atoms with van der Waals surface area (Å²) in [4.78, 5) is 0.675. The van der Waals surface area contributed by atoms with Gasteiger partial charge in [0.25, 0.3) is 0 Å². The van der Waals surface area contributed by atoms with Crippen molar-refractivity contribution in [3.8, 4) is 0 Å². The van der Waals surface area contributed by atoms with Crippen molar-refractivity contribution in [3.05, 3.63) is 24.0 Å². The number of benzene rings is 1. The fraction of sp³-hybridized carbons (Fsp3) is 0. The lowest BCUT2D eigenvalue weighted by Gasteiger charge is -1.94. The van der Waals surface area contributed by atoms with Gasteiger partial charge in [-0.2, -0.15) is 0 Å². The molecule has 1 rings (SSSR count). The van der Waals surface area contributed by atoms with E-state index in [2.05, 4.69) is 12.6 Å². The molecule has 0 bridgehead atoms. The zero-order valence-electron chi connectivity index (χ0n) is 4.63. The first-order valence-electron chi connectivity index (χ1n) is 2.44. The summed E-state index contributed by atoms with van der Waals surface area (Å²) in [7, 11) is 0. The smallest absolute Gasteiger partial charge is 0.146 e. The highest BCUT2D eigenvalue weighted by atomic mass is 32.1. The molecule has 9 heavy (non-hydrogen) atoms. The lowest BCUT2D eigenvalue weighted by atomic mass is 10.3. The molecule has 0 saturated carbocycles. The van der Waals surface area contributed by atoms with Gasteiger partial charge in [0.05, 0.1) is 5.69 Å². The summed E-state index contributed by atoms with van der Waals surface area (Å²) in [5, 5.41) is 0. The first kappa shape index (κ1) is 6.42. The van der Waals surface area contributed by atoms with Crippen molar-refractivity contribution in [1.29, 1.82) is 0 Å². The molecule has 0 atom stereocenters. The van der Waals surface area contributed by atoms with Crippen LogP contribution in [0.15, 0.2) is 23.1 Å². The van der Waals surface area contributed by atoms with E-state index in [1.54, 1.807) is 6.07 Å². The summed E-state index contributed by atoms with van der Waals surface area (Å²) in [6.45, 7) is 0. The molecule has 0 aliphatic heterocycles. The van der Waals surface area contributed by atoms with Gasteiger partial charge in [0.2, 0.25) is 0 Å². The third kappa shape index (κ3) is 1.36. The molecule has 0 fully saturated rings. The monoisotopic (exact) mass is 143 g/mol. The van der Waals surface area contributed by atoms with E-state index in [0.29, 0.717) is 4.90 Å². The van der Waals surface area contributed by atoms with Crippen molar-refractivity contribution in [2.75, 3.05) is 5.73 Å². The number of halogens is 1. The molecular weight excluding hydrogens is 137 g/mol. The number of thiol groups is 1. The Kier molecular flexibility index (Phi) is 1.62. The first-order valence-corrected chi connectivity index (χ1v) is 2.89. The molecule has 1 nitrogen and oxygen atoms in total. The van der Waals surface area contributed by atoms with E-state index in [-0.39, 0.29) is 5.69 Å². The van der Waals surface area contributed by atoms with Crippen molar-refractivity contribution in [2.45, 2.75) is 4.90 Å². The Bertz CT molecular complexity index is 224. The highest BCUT2D eigenvalue weighted by Crippen LogP contribution is 2.14. The highest BCUT2D eigenvalue weighted by Gasteiger charge is 1.94. The van der Waals surface area contributed by atoms with Gasteiger partial charge in [-0.3, -0.25) is 0 Å². The minimum Gasteiger partial charge on any atom is -0.396 e. The van der Waals surface area contributed by atoms with Gasteiger partial charge in [0.1, 0.15) is 5.82 Å². The largest absolute Gasteiger partial charge is 0.396 e. The van der Waals surface area contributed by atoms with Crippen LogP contribution in [-0.2, 0) is 0 Å². The second-order valence-electron chi connectivity index (χ2n) is 1.71. The molecule has 1 aromatic rings. The molecule has 0 saturated heterocycles. The van der Waals surface area contributed by atoms with Gasteiger partial charge in [0.15, 0.2) is 0 Å². The van der Waals surface area contributed by atoms with Gasteiger partial charge in [0, 0.05) is 4.90 Å². The third-order valence-corrected chi connectivity index (χ3v) is 1.26. The van der Waals surface area contributed by atoms with E-state index in [4.69, 9.17) is 5.73 Å². The van der Waals surface area contributed by atoms with Crippen LogP contribution < -0.4 is 5.73 Å². The standard InChI is InChI=1S/C6H6FNS/c7-5-2-1-4(9)3-6(5)8/h1-3,9H,8H2. The van der Waals surface area contributed by atoms with Gasteiger partial charge in [-0.1, -0.05) is 0 Å². The van der Waals surface area contributed by atoms with Crippen LogP contribution in [0.2, 0.25) is 0 Å². The third-order valence-electron chi connectivity index (χ3n) is 0.980. The van der Waals surface area contributed by atoms with Crippen molar-refractivity contribution in [1.82, 2.24) is 0 Å². The average Bonchev–Trinajstić information content (AvgIpc) is 1.80. The van der Waals surface area contributed by atoms with Crippen LogP contribution in [0.5, 0.6) is 0 Å². The molecule has 3 heteroatoms. The van der Waals surface area contributed by atoms with Crippen LogP contribution in [0.1, 0.15) is 0 Å². The molecule has 0 heterocycles. The number of rotatable bonds is 0. The topological polar surface area (TPSA) is 26.0 Å². The van der Waals surface area contributed by atoms with Crippen molar-refractivity contribution < 1.29 is 4.39 Å². The van der Waals surface area contributed by atoms with Crippen LogP contribution in [-0.4, -0.2) is 0 Å². The summed E-state index contributed by atoms with van der Waals surface area (Å²) in [6, 6.07) is 4.31. The maximum absolute atomic E-state index is 12.3. The lowest BCUT2D eigenvalue weighted by molar-refractivity contribution is 0.631. The number of hydrogen-bond donors (Lipinski definition) is 2. The van der Waals surface area contributed by atoms with E-state index in [0.717, 1.165) is 0 Å². The Morgan fingerprint density at radius 2 is 2.11 bits per heavy atom. The molecule has 48 valence electrons. The number of hydrogen-bond acceptors (Lipinski definition) is 2. The number of anilines is 1. The highest BCUT2D eigenvalue weighted by molar-refractivity contribution is 7.80. The van der Waals surface area contributed by atoms with E-state index in [1.807, 2.05) is 0 Å². The quantitative estimate of drug-likeness (QED) is 0.419. The summed E-state index contributed by atoms with van der Waals surface area (Å²) in [5.41, 5.74) is 5.34. The Hall–Kier alpha value is -0.700. The molecule has 0 amide bonds. The van der Waals surface area contributed by atoms with Crippen molar-refractivity contribution >= 4 is 18.3 Å². The normalized spacial score (nSPS) is 9.56. The molecular formula is C6H6FNS. The predicted molar refractivity (Wildman–Crippen MR) is 38.1 cm³/mol. The summed E-state index contributed by atoms with van der Waals surface area (Å²) < 4.78 is 12.3. The Labute approximate surface area is 58.1 Å². The van der Waals surface area contributed by atoms with Crippen LogP contribution in [0.4, 0.5) is 10.1 Å². The molecule has 0 aliphatic rings. The van der Waals surface area contributed by atoms with E-state index < -0.39 is 5.82 Å². The molecule has 2 N–H and O–H groups in total. The SMILES string of the molecule is Nc1cc(S)ccc1F. The Balaban J connectivity index is 3.17. The number of nitrogens with two attached hydrogens (primary N) is 1. The fourth-order valence-electron chi connectivity index (χ4n) is 0.531. The van der Waals surface area contributed by atoms with Gasteiger partial charge in [-0.05, 0) is 18.2 Å². The summed E-state index contributed by atoms with van der Waals surface area (Å²) in [5.74, 6) is -0.396. The summed E-state index contributed by atoms with van der Waals surface area (Å²) in [6.07, 6.45) is 0. The van der Waals surface area contributed by atoms with Gasteiger partial charge in [-0.25, -0.2) is 4.39 Å². The van der Waals surface area contributed by atoms with Crippen LogP contribution in [0.3, 0.4) is 0 Å². The molecule has 0 aliphatic carbocycles. The fourth-order valence-corrected chi connectivity index (χ4v) is 0.745. The second-order valence-corrected chi connectivity index (χ2v) is 2.22. The maximum atomic E-state index is 12.3. The Morgan fingerprint density at radius 3 is 2.56 bits per heavy atom. The van der Waals surface area contributed by atoms with Crippen molar-refractivity contribution in [2.24, 2.45) is 0 Å². The Morgan fingerprint density at radius 1 is 1.44 bits per heavy atom.